The summed E-state index contributed by atoms with van der Waals surface area (Å²) in [7, 11) is -3.95. The van der Waals surface area contributed by atoms with Gasteiger partial charge in [-0.3, -0.25) is 4.79 Å². The van der Waals surface area contributed by atoms with E-state index in [1.54, 1.807) is 0 Å². The highest BCUT2D eigenvalue weighted by Gasteiger charge is 2.50. The Hall–Kier alpha value is -3.63. The average molecular weight is 601 g/mol. The Morgan fingerprint density at radius 3 is 2.24 bits per heavy atom. The predicted octanol–water partition coefficient (Wildman–Crippen LogP) is 7.41. The van der Waals surface area contributed by atoms with E-state index in [1.807, 2.05) is 36.4 Å². The van der Waals surface area contributed by atoms with Gasteiger partial charge in [0.1, 0.15) is 0 Å². The van der Waals surface area contributed by atoms with Crippen molar-refractivity contribution in [3.05, 3.63) is 100 Å². The summed E-state index contributed by atoms with van der Waals surface area (Å²) in [5.41, 5.74) is 1.33. The van der Waals surface area contributed by atoms with Crippen LogP contribution in [0, 0.1) is 29.3 Å². The van der Waals surface area contributed by atoms with Gasteiger partial charge in [-0.05, 0) is 55.7 Å². The van der Waals surface area contributed by atoms with Crippen molar-refractivity contribution in [2.24, 2.45) is 11.8 Å². The van der Waals surface area contributed by atoms with Crippen LogP contribution in [0.5, 0.6) is 0 Å². The number of benzene rings is 3. The van der Waals surface area contributed by atoms with Gasteiger partial charge in [0.2, 0.25) is 0 Å². The van der Waals surface area contributed by atoms with Gasteiger partial charge in [0.25, 0.3) is 5.91 Å². The molecule has 6 rings (SSSR count). The molecule has 2 aliphatic carbocycles. The Balaban J connectivity index is 1.22. The molecule has 4 atom stereocenters. The summed E-state index contributed by atoms with van der Waals surface area (Å²) in [6.07, 6.45) is 2.74. The average Bonchev–Trinajstić information content (AvgIpc) is 3.55. The minimum atomic E-state index is -3.95. The molecule has 0 radical (unpaired) electrons. The van der Waals surface area contributed by atoms with E-state index < -0.39 is 38.4 Å². The van der Waals surface area contributed by atoms with Gasteiger partial charge in [0.15, 0.2) is 33.0 Å². The molecule has 2 unspecified atom stereocenters. The van der Waals surface area contributed by atoms with Crippen LogP contribution in [0.3, 0.4) is 0 Å². The van der Waals surface area contributed by atoms with E-state index in [0.29, 0.717) is 30.7 Å². The van der Waals surface area contributed by atoms with Crippen molar-refractivity contribution in [1.29, 1.82) is 0 Å². The first-order chi connectivity index (χ1) is 19.6. The van der Waals surface area contributed by atoms with Crippen molar-refractivity contribution < 1.29 is 30.9 Å². The first-order valence-electron chi connectivity index (χ1n) is 13.1. The van der Waals surface area contributed by atoms with Crippen LogP contribution in [0.4, 0.5) is 18.9 Å². The Morgan fingerprint density at radius 2 is 1.59 bits per heavy atom. The number of amides is 1. The molecule has 0 saturated heterocycles. The lowest BCUT2D eigenvalue weighted by Crippen LogP contribution is -2.37. The SMILES string of the molecule is O=C(Nc1cc(F)c(F)c(F)c1)c1ccc(Cl)c(S(=O)(=O)C2C3CC[C@H]2C[C@H](c2cc(-c4ccccc4)on2)C3)c1. The number of carbonyl (C=O) groups excluding carboxylic acids is 1. The second-order valence-electron chi connectivity index (χ2n) is 10.6. The van der Waals surface area contributed by atoms with Gasteiger partial charge >= 0.3 is 0 Å². The number of rotatable bonds is 6. The number of nitrogens with zero attached hydrogens (tertiary/aromatic N) is 1. The first kappa shape index (κ1) is 27.5. The van der Waals surface area contributed by atoms with E-state index in [4.69, 9.17) is 16.1 Å². The minimum absolute atomic E-state index is 0.0223. The summed E-state index contributed by atoms with van der Waals surface area (Å²) < 4.78 is 74.0. The molecule has 2 saturated carbocycles. The van der Waals surface area contributed by atoms with E-state index >= 15 is 0 Å². The highest BCUT2D eigenvalue weighted by molar-refractivity contribution is 7.92. The number of nitrogens with one attached hydrogen (secondary N) is 1. The summed E-state index contributed by atoms with van der Waals surface area (Å²) >= 11 is 6.35. The molecule has 1 amide bonds. The van der Waals surface area contributed by atoms with Crippen molar-refractivity contribution in [1.82, 2.24) is 5.16 Å². The summed E-state index contributed by atoms with van der Waals surface area (Å²) in [5.74, 6) is -4.94. The fourth-order valence-electron chi connectivity index (χ4n) is 6.28. The van der Waals surface area contributed by atoms with Crippen molar-refractivity contribution >= 4 is 33.0 Å². The zero-order chi connectivity index (χ0) is 28.9. The lowest BCUT2D eigenvalue weighted by atomic mass is 9.79. The number of hydrogen-bond acceptors (Lipinski definition) is 5. The second kappa shape index (κ2) is 10.6. The number of hydrogen-bond donors (Lipinski definition) is 1. The maximum atomic E-state index is 14.0. The molecule has 1 N–H and O–H groups in total. The fraction of sp³-hybridized carbons (Fsp3) is 0.267. The molecule has 0 spiro atoms. The fourth-order valence-corrected chi connectivity index (χ4v) is 9.15. The summed E-state index contributed by atoms with van der Waals surface area (Å²) in [6, 6.07) is 16.6. The third-order valence-corrected chi connectivity index (χ3v) is 11.0. The lowest BCUT2D eigenvalue weighted by Gasteiger charge is -2.34. The molecule has 3 aromatic carbocycles. The molecule has 41 heavy (non-hydrogen) atoms. The van der Waals surface area contributed by atoms with Crippen LogP contribution in [-0.2, 0) is 9.84 Å². The quantitative estimate of drug-likeness (QED) is 0.233. The molecule has 6 nitrogen and oxygen atoms in total. The number of anilines is 1. The molecule has 2 bridgehead atoms. The predicted molar refractivity (Wildman–Crippen MR) is 147 cm³/mol. The third kappa shape index (κ3) is 5.15. The zero-order valence-corrected chi connectivity index (χ0v) is 23.1. The highest BCUT2D eigenvalue weighted by Crippen LogP contribution is 2.52. The Labute approximate surface area is 239 Å². The van der Waals surface area contributed by atoms with Gasteiger partial charge in [-0.1, -0.05) is 47.1 Å². The maximum Gasteiger partial charge on any atom is 0.255 e. The van der Waals surface area contributed by atoms with E-state index in [2.05, 4.69) is 10.5 Å². The first-order valence-corrected chi connectivity index (χ1v) is 15.1. The molecule has 0 aliphatic heterocycles. The summed E-state index contributed by atoms with van der Waals surface area (Å²) in [6.45, 7) is 0. The van der Waals surface area contributed by atoms with E-state index in [-0.39, 0.29) is 38.9 Å². The molecule has 212 valence electrons. The van der Waals surface area contributed by atoms with Crippen molar-refractivity contribution in [2.75, 3.05) is 5.32 Å². The van der Waals surface area contributed by atoms with Gasteiger partial charge in [0.05, 0.1) is 20.9 Å². The number of halogens is 4. The number of carbonyl (C=O) groups is 1. The molecule has 4 aromatic rings. The summed E-state index contributed by atoms with van der Waals surface area (Å²) in [5, 5.41) is 5.88. The lowest BCUT2D eigenvalue weighted by molar-refractivity contribution is 0.102. The highest BCUT2D eigenvalue weighted by atomic mass is 35.5. The molecular formula is C30H24ClF3N2O4S. The van der Waals surface area contributed by atoms with Gasteiger partial charge in [-0.2, -0.15) is 0 Å². The molecule has 1 heterocycles. The van der Waals surface area contributed by atoms with Gasteiger partial charge in [-0.25, -0.2) is 21.6 Å². The summed E-state index contributed by atoms with van der Waals surface area (Å²) in [4.78, 5) is 12.7. The maximum absolute atomic E-state index is 14.0. The molecule has 11 heteroatoms. The van der Waals surface area contributed by atoms with E-state index in [1.165, 1.54) is 18.2 Å². The molecule has 2 fully saturated rings. The van der Waals surface area contributed by atoms with Crippen LogP contribution in [-0.4, -0.2) is 24.7 Å². The van der Waals surface area contributed by atoms with Crippen LogP contribution in [0.2, 0.25) is 5.02 Å². The van der Waals surface area contributed by atoms with E-state index in [0.717, 1.165) is 24.1 Å². The van der Waals surface area contributed by atoms with Crippen molar-refractivity contribution in [2.45, 2.75) is 41.7 Å². The third-order valence-electron chi connectivity index (χ3n) is 8.12. The largest absolute Gasteiger partial charge is 0.356 e. The second-order valence-corrected chi connectivity index (χ2v) is 13.1. The number of fused-ring (bicyclic) bond motifs is 2. The smallest absolute Gasteiger partial charge is 0.255 e. The van der Waals surface area contributed by atoms with Gasteiger partial charge in [-0.15, -0.1) is 0 Å². The van der Waals surface area contributed by atoms with Crippen LogP contribution in [0.1, 0.15) is 47.7 Å². The van der Waals surface area contributed by atoms with Gasteiger partial charge < -0.3 is 9.84 Å². The van der Waals surface area contributed by atoms with Crippen LogP contribution in [0.25, 0.3) is 11.3 Å². The zero-order valence-electron chi connectivity index (χ0n) is 21.5. The normalized spacial score (nSPS) is 22.0. The Kier molecular flexibility index (Phi) is 7.15. The standard InChI is InChI=1S/C30H24ClF3N2O4S/c31-22-9-8-19(30(37)35-21-13-23(32)28(34)24(33)14-21)12-27(22)41(38,39)29-17-6-7-18(29)11-20(10-17)25-15-26(40-36-25)16-4-2-1-3-5-16/h1-5,8-9,12-15,17-18,20,29H,6-7,10-11H2,(H,35,37)/t17-,18?,20-,29?/m0/s1. The molecule has 1 aromatic heterocycles. The topological polar surface area (TPSA) is 89.3 Å². The molecule has 2 aliphatic rings. The Morgan fingerprint density at radius 1 is 0.927 bits per heavy atom. The van der Waals surface area contributed by atoms with Crippen molar-refractivity contribution in [3.8, 4) is 11.3 Å². The van der Waals surface area contributed by atoms with Gasteiger partial charge in [0, 0.05) is 40.9 Å². The number of sulfone groups is 1. The van der Waals surface area contributed by atoms with E-state index in [9.17, 15) is 26.4 Å². The van der Waals surface area contributed by atoms with Crippen LogP contribution in [0.15, 0.2) is 76.1 Å². The number of aromatic nitrogens is 1. The van der Waals surface area contributed by atoms with Crippen molar-refractivity contribution in [3.63, 3.8) is 0 Å². The van der Waals surface area contributed by atoms with Crippen LogP contribution >= 0.6 is 11.6 Å². The molecular weight excluding hydrogens is 577 g/mol. The monoisotopic (exact) mass is 600 g/mol. The van der Waals surface area contributed by atoms with Crippen LogP contribution < -0.4 is 5.32 Å². The Bertz CT molecular complexity index is 1710. The minimum Gasteiger partial charge on any atom is -0.356 e.